The van der Waals surface area contributed by atoms with E-state index in [1.807, 2.05) is 0 Å². The molecule has 0 aliphatic carbocycles. The second-order valence-electron chi connectivity index (χ2n) is 4.32. The molecule has 0 aliphatic heterocycles. The molecule has 1 heterocycles. The molecule has 1 N–H and O–H groups in total. The molecule has 7 heteroatoms. The lowest BCUT2D eigenvalue weighted by atomic mass is 10.1. The van der Waals surface area contributed by atoms with Crippen LogP contribution in [0.2, 0.25) is 0 Å². The summed E-state index contributed by atoms with van der Waals surface area (Å²) in [5.41, 5.74) is 1.39. The Kier molecular flexibility index (Phi) is 5.32. The highest BCUT2D eigenvalue weighted by Crippen LogP contribution is 2.06. The van der Waals surface area contributed by atoms with E-state index >= 15 is 0 Å². The van der Waals surface area contributed by atoms with Gasteiger partial charge in [0.1, 0.15) is 6.54 Å². The third kappa shape index (κ3) is 4.55. The maximum absolute atomic E-state index is 11.8. The van der Waals surface area contributed by atoms with Crippen molar-refractivity contribution >= 4 is 34.5 Å². The van der Waals surface area contributed by atoms with Gasteiger partial charge in [-0.3, -0.25) is 9.48 Å². The molecule has 0 aliphatic rings. The average molecular weight is 399 g/mol. The molecule has 6 nitrogen and oxygen atoms in total. The molecule has 2 aromatic rings. The van der Waals surface area contributed by atoms with E-state index in [4.69, 9.17) is 0 Å². The minimum absolute atomic E-state index is 0.119. The van der Waals surface area contributed by atoms with Crippen LogP contribution in [0.25, 0.3) is 0 Å². The second-order valence-corrected chi connectivity index (χ2v) is 5.57. The van der Waals surface area contributed by atoms with Gasteiger partial charge in [0.25, 0.3) is 0 Å². The van der Waals surface area contributed by atoms with E-state index < -0.39 is 0 Å². The SMILES string of the molecule is COC(=O)c1ccc(CNC(=O)Cn2cc(I)cn2)cc1. The quantitative estimate of drug-likeness (QED) is 0.613. The Morgan fingerprint density at radius 3 is 2.62 bits per heavy atom. The number of ether oxygens (including phenoxy) is 1. The summed E-state index contributed by atoms with van der Waals surface area (Å²) in [7, 11) is 1.34. The first-order valence-electron chi connectivity index (χ1n) is 6.20. The maximum Gasteiger partial charge on any atom is 0.337 e. The van der Waals surface area contributed by atoms with Crippen LogP contribution >= 0.6 is 22.6 Å². The van der Waals surface area contributed by atoms with Crippen LogP contribution in [0.3, 0.4) is 0 Å². The smallest absolute Gasteiger partial charge is 0.337 e. The number of hydrogen-bond acceptors (Lipinski definition) is 4. The van der Waals surface area contributed by atoms with E-state index in [0.29, 0.717) is 12.1 Å². The van der Waals surface area contributed by atoms with E-state index in [1.165, 1.54) is 7.11 Å². The van der Waals surface area contributed by atoms with Gasteiger partial charge in [-0.2, -0.15) is 5.10 Å². The molecule has 1 aromatic carbocycles. The predicted octanol–water partition coefficient (Wildman–Crippen LogP) is 1.59. The van der Waals surface area contributed by atoms with Crippen molar-refractivity contribution < 1.29 is 14.3 Å². The maximum atomic E-state index is 11.8. The van der Waals surface area contributed by atoms with Crippen LogP contribution in [-0.2, 0) is 22.6 Å². The Labute approximate surface area is 135 Å². The molecular formula is C14H14IN3O3. The standard InChI is InChI=1S/C14H14IN3O3/c1-21-14(20)11-4-2-10(3-5-11)6-16-13(19)9-18-8-12(15)7-17-18/h2-5,7-8H,6,9H2,1H3,(H,16,19). The summed E-state index contributed by atoms with van der Waals surface area (Å²) in [5.74, 6) is -0.495. The number of halogens is 1. The third-order valence-corrected chi connectivity index (χ3v) is 3.33. The molecule has 110 valence electrons. The van der Waals surface area contributed by atoms with Gasteiger partial charge in [-0.05, 0) is 40.3 Å². The van der Waals surface area contributed by atoms with E-state index in [1.54, 1.807) is 41.3 Å². The zero-order valence-electron chi connectivity index (χ0n) is 11.4. The van der Waals surface area contributed by atoms with Crippen molar-refractivity contribution in [1.29, 1.82) is 0 Å². The van der Waals surface area contributed by atoms with Crippen molar-refractivity contribution in [2.24, 2.45) is 0 Å². The van der Waals surface area contributed by atoms with Crippen LogP contribution in [0.4, 0.5) is 0 Å². The van der Waals surface area contributed by atoms with E-state index in [9.17, 15) is 9.59 Å². The lowest BCUT2D eigenvalue weighted by Gasteiger charge is -2.06. The average Bonchev–Trinajstić information content (AvgIpc) is 2.90. The Balaban J connectivity index is 1.85. The second kappa shape index (κ2) is 7.21. The van der Waals surface area contributed by atoms with Crippen molar-refractivity contribution in [1.82, 2.24) is 15.1 Å². The van der Waals surface area contributed by atoms with Gasteiger partial charge in [-0.25, -0.2) is 4.79 Å². The number of hydrogen-bond donors (Lipinski definition) is 1. The van der Waals surface area contributed by atoms with E-state index in [-0.39, 0.29) is 18.4 Å². The van der Waals surface area contributed by atoms with Crippen LogP contribution in [0.15, 0.2) is 36.7 Å². The van der Waals surface area contributed by atoms with Gasteiger partial charge in [-0.15, -0.1) is 0 Å². The number of aromatic nitrogens is 2. The van der Waals surface area contributed by atoms with Crippen molar-refractivity contribution in [2.45, 2.75) is 13.1 Å². The molecule has 0 atom stereocenters. The monoisotopic (exact) mass is 399 g/mol. The number of rotatable bonds is 5. The summed E-state index contributed by atoms with van der Waals surface area (Å²) in [4.78, 5) is 23.1. The van der Waals surface area contributed by atoms with E-state index in [2.05, 4.69) is 37.7 Å². The molecule has 0 saturated heterocycles. The largest absolute Gasteiger partial charge is 0.465 e. The third-order valence-electron chi connectivity index (χ3n) is 2.77. The summed E-state index contributed by atoms with van der Waals surface area (Å²) in [6.07, 6.45) is 3.49. The van der Waals surface area contributed by atoms with Gasteiger partial charge < -0.3 is 10.1 Å². The molecule has 1 amide bonds. The highest BCUT2D eigenvalue weighted by Gasteiger charge is 2.06. The molecule has 1 aromatic heterocycles. The van der Waals surface area contributed by atoms with E-state index in [0.717, 1.165) is 9.13 Å². The number of carbonyl (C=O) groups is 2. The molecular weight excluding hydrogens is 385 g/mol. The fourth-order valence-corrected chi connectivity index (χ4v) is 2.15. The van der Waals surface area contributed by atoms with Gasteiger partial charge in [0.2, 0.25) is 5.91 Å². The summed E-state index contributed by atoms with van der Waals surface area (Å²) < 4.78 is 7.19. The first kappa shape index (κ1) is 15.5. The normalized spacial score (nSPS) is 10.2. The lowest BCUT2D eigenvalue weighted by Crippen LogP contribution is -2.27. The summed E-state index contributed by atoms with van der Waals surface area (Å²) in [6.45, 7) is 0.585. The number of benzene rings is 1. The van der Waals surface area contributed by atoms with Crippen LogP contribution in [-0.4, -0.2) is 28.8 Å². The molecule has 0 bridgehead atoms. The minimum Gasteiger partial charge on any atom is -0.465 e. The molecule has 0 saturated carbocycles. The zero-order chi connectivity index (χ0) is 15.2. The summed E-state index contributed by atoms with van der Waals surface area (Å²) in [6, 6.07) is 6.90. The molecule has 0 fully saturated rings. The number of amides is 1. The molecule has 0 radical (unpaired) electrons. The van der Waals surface area contributed by atoms with Crippen molar-refractivity contribution in [3.63, 3.8) is 0 Å². The fourth-order valence-electron chi connectivity index (χ4n) is 1.71. The molecule has 2 rings (SSSR count). The van der Waals surface area contributed by atoms with Crippen molar-refractivity contribution in [2.75, 3.05) is 7.11 Å². The van der Waals surface area contributed by atoms with Gasteiger partial charge in [-0.1, -0.05) is 12.1 Å². The fraction of sp³-hybridized carbons (Fsp3) is 0.214. The number of methoxy groups -OCH3 is 1. The topological polar surface area (TPSA) is 73.2 Å². The Morgan fingerprint density at radius 1 is 1.33 bits per heavy atom. The Bertz CT molecular complexity index is 637. The van der Waals surface area contributed by atoms with Crippen LogP contribution in [0.5, 0.6) is 0 Å². The number of carbonyl (C=O) groups excluding carboxylic acids is 2. The first-order chi connectivity index (χ1) is 10.1. The summed E-state index contributed by atoms with van der Waals surface area (Å²) >= 11 is 2.14. The highest BCUT2D eigenvalue weighted by atomic mass is 127. The molecule has 0 unspecified atom stereocenters. The van der Waals surface area contributed by atoms with Crippen LogP contribution in [0.1, 0.15) is 15.9 Å². The number of esters is 1. The molecule has 21 heavy (non-hydrogen) atoms. The predicted molar refractivity (Wildman–Crippen MR) is 84.6 cm³/mol. The Morgan fingerprint density at radius 2 is 2.05 bits per heavy atom. The zero-order valence-corrected chi connectivity index (χ0v) is 13.5. The first-order valence-corrected chi connectivity index (χ1v) is 7.28. The van der Waals surface area contributed by atoms with Crippen LogP contribution < -0.4 is 5.32 Å². The van der Waals surface area contributed by atoms with Crippen molar-refractivity contribution in [3.8, 4) is 0 Å². The number of nitrogens with zero attached hydrogens (tertiary/aromatic N) is 2. The van der Waals surface area contributed by atoms with Gasteiger partial charge in [0.15, 0.2) is 0 Å². The Hall–Kier alpha value is -1.90. The van der Waals surface area contributed by atoms with Gasteiger partial charge in [0, 0.05) is 12.7 Å². The number of nitrogens with one attached hydrogen (secondary N) is 1. The minimum atomic E-state index is -0.376. The van der Waals surface area contributed by atoms with Gasteiger partial charge in [0.05, 0.1) is 22.4 Å². The lowest BCUT2D eigenvalue weighted by molar-refractivity contribution is -0.122. The van der Waals surface area contributed by atoms with Crippen molar-refractivity contribution in [3.05, 3.63) is 51.4 Å². The highest BCUT2D eigenvalue weighted by molar-refractivity contribution is 14.1. The summed E-state index contributed by atoms with van der Waals surface area (Å²) in [5, 5.41) is 6.85. The van der Waals surface area contributed by atoms with Gasteiger partial charge >= 0.3 is 5.97 Å². The van der Waals surface area contributed by atoms with Crippen LogP contribution in [0, 0.1) is 3.57 Å². The molecule has 0 spiro atoms.